The average Bonchev–Trinajstić information content (AvgIpc) is 3.28. The molecule has 3 aromatic rings. The lowest BCUT2D eigenvalue weighted by Gasteiger charge is -2.23. The highest BCUT2D eigenvalue weighted by Crippen LogP contribution is 2.27. The fourth-order valence-electron chi connectivity index (χ4n) is 3.81. The minimum Gasteiger partial charge on any atom is -0.491 e. The van der Waals surface area contributed by atoms with E-state index < -0.39 is 16.1 Å². The van der Waals surface area contributed by atoms with E-state index in [1.54, 1.807) is 0 Å². The lowest BCUT2D eigenvalue weighted by Crippen LogP contribution is -2.46. The van der Waals surface area contributed by atoms with Gasteiger partial charge in [0.05, 0.1) is 11.4 Å². The van der Waals surface area contributed by atoms with Gasteiger partial charge in [-0.1, -0.05) is 48.0 Å². The lowest BCUT2D eigenvalue weighted by atomic mass is 10.1. The minimum absolute atomic E-state index is 0.135. The third-order valence-electron chi connectivity index (χ3n) is 5.34. The van der Waals surface area contributed by atoms with Gasteiger partial charge in [0.2, 0.25) is 15.9 Å². The Labute approximate surface area is 186 Å². The van der Waals surface area contributed by atoms with Gasteiger partial charge < -0.3 is 10.1 Å². The van der Waals surface area contributed by atoms with Crippen LogP contribution >= 0.6 is 11.6 Å². The van der Waals surface area contributed by atoms with Gasteiger partial charge in [-0.2, -0.15) is 4.31 Å². The maximum atomic E-state index is 13.0. The van der Waals surface area contributed by atoms with Gasteiger partial charge in [-0.3, -0.25) is 4.79 Å². The zero-order valence-electron chi connectivity index (χ0n) is 16.8. The van der Waals surface area contributed by atoms with Crippen LogP contribution in [-0.2, 0) is 14.8 Å². The fourth-order valence-corrected chi connectivity index (χ4v) is 5.59. The van der Waals surface area contributed by atoms with E-state index in [1.165, 1.54) is 28.6 Å². The van der Waals surface area contributed by atoms with Gasteiger partial charge in [0.25, 0.3) is 0 Å². The molecule has 0 radical (unpaired) electrons. The average molecular weight is 459 g/mol. The molecule has 0 saturated carbocycles. The number of rotatable bonds is 7. The highest BCUT2D eigenvalue weighted by atomic mass is 35.5. The first-order chi connectivity index (χ1) is 15.0. The first kappa shape index (κ1) is 21.6. The molecule has 0 unspecified atom stereocenters. The van der Waals surface area contributed by atoms with Crippen LogP contribution in [0.15, 0.2) is 71.6 Å². The van der Waals surface area contributed by atoms with Gasteiger partial charge in [-0.15, -0.1) is 0 Å². The molecule has 0 spiro atoms. The van der Waals surface area contributed by atoms with Gasteiger partial charge in [-0.25, -0.2) is 8.42 Å². The van der Waals surface area contributed by atoms with Crippen molar-refractivity contribution in [3.63, 3.8) is 0 Å². The van der Waals surface area contributed by atoms with Crippen LogP contribution < -0.4 is 10.1 Å². The van der Waals surface area contributed by atoms with Crippen molar-refractivity contribution in [2.24, 2.45) is 0 Å². The van der Waals surface area contributed by atoms with Gasteiger partial charge in [0.1, 0.15) is 18.4 Å². The van der Waals surface area contributed by atoms with E-state index in [9.17, 15) is 13.2 Å². The number of hydrogen-bond donors (Lipinski definition) is 1. The standard InChI is InChI=1S/C23H23ClN2O4S/c24-18-10-12-19(13-11-18)31(28,29)26-15-4-8-21(26)23(27)25-14-16-30-22-9-3-6-17-5-1-2-7-20(17)22/h1-3,5-7,9-13,21H,4,8,14-16H2,(H,25,27)/t21-/m0/s1. The fraction of sp³-hybridized carbons (Fsp3) is 0.261. The van der Waals surface area contributed by atoms with E-state index in [1.807, 2.05) is 42.5 Å². The predicted octanol–water partition coefficient (Wildman–Crippen LogP) is 3.84. The van der Waals surface area contributed by atoms with E-state index >= 15 is 0 Å². The third-order valence-corrected chi connectivity index (χ3v) is 7.51. The molecule has 1 atom stereocenters. The van der Waals surface area contributed by atoms with Crippen LogP contribution in [0.5, 0.6) is 5.75 Å². The van der Waals surface area contributed by atoms with Crippen molar-refractivity contribution in [3.8, 4) is 5.75 Å². The summed E-state index contributed by atoms with van der Waals surface area (Å²) in [6.45, 7) is 0.888. The Kier molecular flexibility index (Phi) is 6.46. The molecule has 1 saturated heterocycles. The molecule has 31 heavy (non-hydrogen) atoms. The first-order valence-electron chi connectivity index (χ1n) is 10.1. The Morgan fingerprint density at radius 1 is 1.06 bits per heavy atom. The second-order valence-electron chi connectivity index (χ2n) is 7.34. The minimum atomic E-state index is -3.76. The number of hydrogen-bond acceptors (Lipinski definition) is 4. The molecule has 1 amide bonds. The molecular weight excluding hydrogens is 436 g/mol. The molecule has 0 aromatic heterocycles. The molecule has 8 heteroatoms. The highest BCUT2D eigenvalue weighted by molar-refractivity contribution is 7.89. The van der Waals surface area contributed by atoms with Crippen LogP contribution in [0.3, 0.4) is 0 Å². The van der Waals surface area contributed by atoms with E-state index in [-0.39, 0.29) is 24.0 Å². The van der Waals surface area contributed by atoms with Gasteiger partial charge in [0.15, 0.2) is 0 Å². The van der Waals surface area contributed by atoms with Crippen molar-refractivity contribution in [2.45, 2.75) is 23.8 Å². The number of carbonyl (C=O) groups excluding carboxylic acids is 1. The summed E-state index contributed by atoms with van der Waals surface area (Å²) >= 11 is 5.86. The van der Waals surface area contributed by atoms with Crippen LogP contribution in [0.4, 0.5) is 0 Å². The Morgan fingerprint density at radius 3 is 2.61 bits per heavy atom. The Morgan fingerprint density at radius 2 is 1.81 bits per heavy atom. The first-order valence-corrected chi connectivity index (χ1v) is 11.9. The lowest BCUT2D eigenvalue weighted by molar-refractivity contribution is -0.124. The Bertz CT molecular complexity index is 1180. The SMILES string of the molecule is O=C(NCCOc1cccc2ccccc12)[C@@H]1CCCN1S(=O)(=O)c1ccc(Cl)cc1. The van der Waals surface area contributed by atoms with E-state index in [0.717, 1.165) is 16.5 Å². The molecule has 3 aromatic carbocycles. The summed E-state index contributed by atoms with van der Waals surface area (Å²) in [5.41, 5.74) is 0. The Hall–Kier alpha value is -2.61. The number of carbonyl (C=O) groups is 1. The largest absolute Gasteiger partial charge is 0.491 e. The summed E-state index contributed by atoms with van der Waals surface area (Å²) in [4.78, 5) is 12.9. The molecule has 1 heterocycles. The number of sulfonamides is 1. The smallest absolute Gasteiger partial charge is 0.243 e. The van der Waals surface area contributed by atoms with E-state index in [0.29, 0.717) is 24.4 Å². The van der Waals surface area contributed by atoms with Crippen LogP contribution in [0, 0.1) is 0 Å². The maximum absolute atomic E-state index is 13.0. The second kappa shape index (κ2) is 9.26. The van der Waals surface area contributed by atoms with Crippen molar-refractivity contribution in [1.29, 1.82) is 0 Å². The van der Waals surface area contributed by atoms with Gasteiger partial charge in [0, 0.05) is 17.0 Å². The predicted molar refractivity (Wildman–Crippen MR) is 121 cm³/mol. The second-order valence-corrected chi connectivity index (χ2v) is 9.67. The van der Waals surface area contributed by atoms with Crippen molar-refractivity contribution in [1.82, 2.24) is 9.62 Å². The number of ether oxygens (including phenoxy) is 1. The summed E-state index contributed by atoms with van der Waals surface area (Å²) in [5.74, 6) is 0.441. The maximum Gasteiger partial charge on any atom is 0.243 e. The number of amides is 1. The summed E-state index contributed by atoms with van der Waals surface area (Å²) in [7, 11) is -3.76. The van der Waals surface area contributed by atoms with Crippen LogP contribution in [0.25, 0.3) is 10.8 Å². The zero-order chi connectivity index (χ0) is 21.8. The molecule has 1 N–H and O–H groups in total. The Balaban J connectivity index is 1.36. The summed E-state index contributed by atoms with van der Waals surface area (Å²) in [6.07, 6.45) is 1.13. The van der Waals surface area contributed by atoms with Crippen molar-refractivity contribution in [3.05, 3.63) is 71.8 Å². The van der Waals surface area contributed by atoms with Crippen LogP contribution in [0.1, 0.15) is 12.8 Å². The molecular formula is C23H23ClN2O4S. The summed E-state index contributed by atoms with van der Waals surface area (Å²) < 4.78 is 33.1. The molecule has 0 aliphatic carbocycles. The number of halogens is 1. The highest BCUT2D eigenvalue weighted by Gasteiger charge is 2.39. The van der Waals surface area contributed by atoms with Crippen molar-refractivity contribution >= 4 is 38.3 Å². The van der Waals surface area contributed by atoms with E-state index in [2.05, 4.69) is 5.32 Å². The van der Waals surface area contributed by atoms with Crippen LogP contribution in [0.2, 0.25) is 5.02 Å². The third kappa shape index (κ3) is 4.69. The van der Waals surface area contributed by atoms with Crippen LogP contribution in [-0.4, -0.2) is 44.4 Å². The van der Waals surface area contributed by atoms with Gasteiger partial charge in [-0.05, 0) is 48.6 Å². The number of nitrogens with one attached hydrogen (secondary N) is 1. The molecule has 1 aliphatic heterocycles. The quantitative estimate of drug-likeness (QED) is 0.546. The summed E-state index contributed by atoms with van der Waals surface area (Å²) in [6, 6.07) is 19.0. The van der Waals surface area contributed by atoms with E-state index in [4.69, 9.17) is 16.3 Å². The molecule has 0 bridgehead atoms. The normalized spacial score (nSPS) is 17.0. The molecule has 4 rings (SSSR count). The number of fused-ring (bicyclic) bond motifs is 1. The van der Waals surface area contributed by atoms with Crippen molar-refractivity contribution < 1.29 is 17.9 Å². The zero-order valence-corrected chi connectivity index (χ0v) is 18.4. The number of nitrogens with zero attached hydrogens (tertiary/aromatic N) is 1. The molecule has 1 aliphatic rings. The monoisotopic (exact) mass is 458 g/mol. The molecule has 162 valence electrons. The topological polar surface area (TPSA) is 75.7 Å². The number of benzene rings is 3. The van der Waals surface area contributed by atoms with Crippen molar-refractivity contribution in [2.75, 3.05) is 19.7 Å². The van der Waals surface area contributed by atoms with Gasteiger partial charge >= 0.3 is 0 Å². The molecule has 6 nitrogen and oxygen atoms in total. The summed E-state index contributed by atoms with van der Waals surface area (Å²) in [5, 5.41) is 5.36. The molecule has 1 fully saturated rings.